The number of aryl methyl sites for hydroxylation is 3. The lowest BCUT2D eigenvalue weighted by Gasteiger charge is -2.26. The molecule has 174 valence electrons. The number of hydrogen-bond donors (Lipinski definition) is 2. The first kappa shape index (κ1) is 24.5. The minimum absolute atomic E-state index is 0.149. The van der Waals surface area contributed by atoms with Crippen LogP contribution in [0.2, 0.25) is 0 Å². The number of rotatable bonds is 8. The van der Waals surface area contributed by atoms with Crippen molar-refractivity contribution in [3.63, 3.8) is 0 Å². The van der Waals surface area contributed by atoms with E-state index in [0.29, 0.717) is 12.8 Å². The third kappa shape index (κ3) is 6.45. The molecule has 6 heteroatoms. The van der Waals surface area contributed by atoms with Crippen molar-refractivity contribution in [2.24, 2.45) is 0 Å². The van der Waals surface area contributed by atoms with Crippen LogP contribution in [0.25, 0.3) is 0 Å². The summed E-state index contributed by atoms with van der Waals surface area (Å²) in [6.45, 7) is 4.08. The maximum absolute atomic E-state index is 12.9. The first-order chi connectivity index (χ1) is 15.7. The molecule has 0 saturated heterocycles. The first-order valence-corrected chi connectivity index (χ1v) is 10.9. The second-order valence-corrected chi connectivity index (χ2v) is 8.25. The molecule has 2 N–H and O–H groups in total. The van der Waals surface area contributed by atoms with Gasteiger partial charge in [-0.3, -0.25) is 10.1 Å². The summed E-state index contributed by atoms with van der Waals surface area (Å²) in [4.78, 5) is 12.7. The Bertz CT molecular complexity index is 1060. The highest BCUT2D eigenvalue weighted by molar-refractivity contribution is 5.83. The number of amides is 1. The minimum Gasteiger partial charge on any atom is -0.358 e. The quantitative estimate of drug-likeness (QED) is 0.434. The molecule has 0 aliphatic heterocycles. The maximum atomic E-state index is 12.9. The number of carbonyl (C=O) groups is 1. The standard InChI is InChI=1S/C27H29F3N2O/c1-18-9-13-22(17-19(18)2)24(16-12-20-10-14-23(15-11-20)27(28,29)30)32-25(26(33)31-3)21-7-5-4-6-8-21/h4-11,13-15,17,24-25,32H,12,16H2,1-3H3,(H,31,33)/t24-,25-/m1/s1. The average Bonchev–Trinajstić information content (AvgIpc) is 2.81. The van der Waals surface area contributed by atoms with Crippen molar-refractivity contribution in [1.82, 2.24) is 10.6 Å². The van der Waals surface area contributed by atoms with Crippen LogP contribution in [0.1, 0.15) is 51.9 Å². The molecule has 2 atom stereocenters. The molecule has 3 aromatic rings. The Morgan fingerprint density at radius 1 is 0.879 bits per heavy atom. The maximum Gasteiger partial charge on any atom is 0.416 e. The zero-order valence-electron chi connectivity index (χ0n) is 19.0. The number of alkyl halides is 3. The van der Waals surface area contributed by atoms with Crippen molar-refractivity contribution in [2.75, 3.05) is 7.05 Å². The highest BCUT2D eigenvalue weighted by Crippen LogP contribution is 2.30. The Labute approximate surface area is 193 Å². The SMILES string of the molecule is CNC(=O)[C@H](N[C@H](CCc1ccc(C(F)(F)F)cc1)c1ccc(C)c(C)c1)c1ccccc1. The van der Waals surface area contributed by atoms with Crippen LogP contribution in [0.5, 0.6) is 0 Å². The highest BCUT2D eigenvalue weighted by Gasteiger charge is 2.30. The van der Waals surface area contributed by atoms with Gasteiger partial charge in [0.1, 0.15) is 6.04 Å². The van der Waals surface area contributed by atoms with E-state index in [4.69, 9.17) is 0 Å². The number of hydrogen-bond acceptors (Lipinski definition) is 2. The van der Waals surface area contributed by atoms with Gasteiger partial charge >= 0.3 is 6.18 Å². The molecule has 3 aromatic carbocycles. The van der Waals surface area contributed by atoms with Crippen LogP contribution in [0, 0.1) is 13.8 Å². The van der Waals surface area contributed by atoms with Gasteiger partial charge in [0.25, 0.3) is 0 Å². The first-order valence-electron chi connectivity index (χ1n) is 10.9. The van der Waals surface area contributed by atoms with Crippen LogP contribution in [0.3, 0.4) is 0 Å². The Kier molecular flexibility index (Phi) is 7.92. The molecule has 1 amide bonds. The summed E-state index contributed by atoms with van der Waals surface area (Å²) >= 11 is 0. The van der Waals surface area contributed by atoms with Crippen LogP contribution in [0.4, 0.5) is 13.2 Å². The largest absolute Gasteiger partial charge is 0.416 e. The van der Waals surface area contributed by atoms with E-state index in [0.717, 1.165) is 34.4 Å². The van der Waals surface area contributed by atoms with Crippen LogP contribution < -0.4 is 10.6 Å². The lowest BCUT2D eigenvalue weighted by molar-refractivity contribution is -0.137. The van der Waals surface area contributed by atoms with E-state index >= 15 is 0 Å². The highest BCUT2D eigenvalue weighted by atomic mass is 19.4. The summed E-state index contributed by atoms with van der Waals surface area (Å²) in [6.07, 6.45) is -3.16. The molecule has 0 aliphatic rings. The van der Waals surface area contributed by atoms with Gasteiger partial charge in [-0.25, -0.2) is 0 Å². The number of benzene rings is 3. The zero-order valence-corrected chi connectivity index (χ0v) is 19.0. The van der Waals surface area contributed by atoms with Gasteiger partial charge in [0.05, 0.1) is 5.56 Å². The number of nitrogens with one attached hydrogen (secondary N) is 2. The number of halogens is 3. The molecule has 0 aliphatic carbocycles. The van der Waals surface area contributed by atoms with E-state index in [1.54, 1.807) is 7.05 Å². The molecule has 3 rings (SSSR count). The van der Waals surface area contributed by atoms with E-state index < -0.39 is 17.8 Å². The summed E-state index contributed by atoms with van der Waals surface area (Å²) in [7, 11) is 1.60. The minimum atomic E-state index is -4.35. The van der Waals surface area contributed by atoms with Gasteiger partial charge in [0.15, 0.2) is 0 Å². The van der Waals surface area contributed by atoms with Gasteiger partial charge in [-0.05, 0) is 66.6 Å². The summed E-state index contributed by atoms with van der Waals surface area (Å²) < 4.78 is 38.7. The summed E-state index contributed by atoms with van der Waals surface area (Å²) in [5.74, 6) is -0.149. The lowest BCUT2D eigenvalue weighted by Crippen LogP contribution is -2.38. The monoisotopic (exact) mass is 454 g/mol. The fourth-order valence-corrected chi connectivity index (χ4v) is 3.81. The fraction of sp³-hybridized carbons (Fsp3) is 0.296. The van der Waals surface area contributed by atoms with Crippen LogP contribution in [-0.2, 0) is 17.4 Å². The molecule has 0 radical (unpaired) electrons. The molecule has 3 nitrogen and oxygen atoms in total. The topological polar surface area (TPSA) is 41.1 Å². The van der Waals surface area contributed by atoms with Crippen molar-refractivity contribution in [3.8, 4) is 0 Å². The third-order valence-corrected chi connectivity index (χ3v) is 5.95. The smallest absolute Gasteiger partial charge is 0.358 e. The normalized spacial score (nSPS) is 13.4. The van der Waals surface area contributed by atoms with Gasteiger partial charge in [-0.2, -0.15) is 13.2 Å². The van der Waals surface area contributed by atoms with Gasteiger partial charge in [-0.1, -0.05) is 60.7 Å². The van der Waals surface area contributed by atoms with E-state index in [9.17, 15) is 18.0 Å². The van der Waals surface area contributed by atoms with Crippen molar-refractivity contribution >= 4 is 5.91 Å². The van der Waals surface area contributed by atoms with Crippen molar-refractivity contribution < 1.29 is 18.0 Å². The van der Waals surface area contributed by atoms with E-state index in [1.165, 1.54) is 17.7 Å². The molecule has 0 aromatic heterocycles. The number of carbonyl (C=O) groups excluding carboxylic acids is 1. The van der Waals surface area contributed by atoms with Crippen molar-refractivity contribution in [2.45, 2.75) is 44.9 Å². The summed E-state index contributed by atoms with van der Waals surface area (Å²) in [5, 5.41) is 6.22. The second kappa shape index (κ2) is 10.7. The van der Waals surface area contributed by atoms with E-state index in [2.05, 4.69) is 22.8 Å². The van der Waals surface area contributed by atoms with Crippen molar-refractivity contribution in [1.29, 1.82) is 0 Å². The predicted octanol–water partition coefficient (Wildman–Crippen LogP) is 6.07. The predicted molar refractivity (Wildman–Crippen MR) is 125 cm³/mol. The number of likely N-dealkylation sites (N-methyl/N-ethyl adjacent to an activating group) is 1. The molecule has 0 saturated carbocycles. The molecular weight excluding hydrogens is 425 g/mol. The summed E-state index contributed by atoms with van der Waals surface area (Å²) in [6, 6.07) is 20.2. The Hall–Kier alpha value is -3.12. The molecule has 0 heterocycles. The molecular formula is C27H29F3N2O. The molecule has 0 unspecified atom stereocenters. The third-order valence-electron chi connectivity index (χ3n) is 5.95. The molecule has 0 spiro atoms. The van der Waals surface area contributed by atoms with Crippen LogP contribution in [0.15, 0.2) is 72.8 Å². The lowest BCUT2D eigenvalue weighted by atomic mass is 9.94. The van der Waals surface area contributed by atoms with E-state index in [1.807, 2.05) is 50.2 Å². The van der Waals surface area contributed by atoms with E-state index in [-0.39, 0.29) is 11.9 Å². The van der Waals surface area contributed by atoms with Crippen molar-refractivity contribution in [3.05, 3.63) is 106 Å². The zero-order chi connectivity index (χ0) is 24.0. The summed E-state index contributed by atoms with van der Waals surface area (Å²) in [5.41, 5.74) is 4.36. The molecule has 0 fully saturated rings. The fourth-order valence-electron chi connectivity index (χ4n) is 3.81. The Balaban J connectivity index is 1.87. The van der Waals surface area contributed by atoms with Crippen LogP contribution >= 0.6 is 0 Å². The Morgan fingerprint density at radius 2 is 1.55 bits per heavy atom. The van der Waals surface area contributed by atoms with Gasteiger partial charge in [0, 0.05) is 13.1 Å². The average molecular weight is 455 g/mol. The molecule has 33 heavy (non-hydrogen) atoms. The Morgan fingerprint density at radius 3 is 2.12 bits per heavy atom. The molecule has 0 bridgehead atoms. The van der Waals surface area contributed by atoms with Gasteiger partial charge in [-0.15, -0.1) is 0 Å². The van der Waals surface area contributed by atoms with Gasteiger partial charge < -0.3 is 5.32 Å². The second-order valence-electron chi connectivity index (χ2n) is 8.25. The van der Waals surface area contributed by atoms with Gasteiger partial charge in [0.2, 0.25) is 5.91 Å². The van der Waals surface area contributed by atoms with Crippen LogP contribution in [-0.4, -0.2) is 13.0 Å².